The minimum atomic E-state index is -0.235. The van der Waals surface area contributed by atoms with Gasteiger partial charge in [0.05, 0.1) is 11.7 Å². The van der Waals surface area contributed by atoms with E-state index in [0.717, 1.165) is 32.5 Å². The third-order valence-electron chi connectivity index (χ3n) is 5.49. The fraction of sp³-hybridized carbons (Fsp3) is 0.500. The molecule has 1 fully saturated rings. The Morgan fingerprint density at radius 1 is 1.24 bits per heavy atom. The monoisotopic (exact) mass is 394 g/mol. The number of anilines is 1. The lowest BCUT2D eigenvalue weighted by Crippen LogP contribution is -2.39. The maximum Gasteiger partial charge on any atom is 0.263 e. The van der Waals surface area contributed by atoms with E-state index in [1.54, 1.807) is 6.20 Å². The molecular weight excluding hydrogens is 364 g/mol. The van der Waals surface area contributed by atoms with Crippen LogP contribution in [0.15, 0.2) is 35.3 Å². The summed E-state index contributed by atoms with van der Waals surface area (Å²) in [6.45, 7) is 11.3. The summed E-state index contributed by atoms with van der Waals surface area (Å²) in [7, 11) is 0. The van der Waals surface area contributed by atoms with Crippen molar-refractivity contribution in [3.63, 3.8) is 0 Å². The Balaban J connectivity index is 1.43. The molecule has 0 radical (unpaired) electrons. The Hall–Kier alpha value is -2.67. The van der Waals surface area contributed by atoms with Crippen LogP contribution in [0, 0.1) is 6.92 Å². The quantitative estimate of drug-likeness (QED) is 0.710. The van der Waals surface area contributed by atoms with Crippen LogP contribution in [0.1, 0.15) is 44.7 Å². The predicted molar refractivity (Wildman–Crippen MR) is 116 cm³/mol. The van der Waals surface area contributed by atoms with Crippen LogP contribution >= 0.6 is 0 Å². The molecular formula is C22H30N6O. The number of aromatic amines is 1. The summed E-state index contributed by atoms with van der Waals surface area (Å²) in [6, 6.07) is 9.01. The van der Waals surface area contributed by atoms with Crippen molar-refractivity contribution < 1.29 is 0 Å². The van der Waals surface area contributed by atoms with E-state index >= 15 is 0 Å². The molecule has 2 aromatic heterocycles. The van der Waals surface area contributed by atoms with Gasteiger partial charge in [-0.3, -0.25) is 14.7 Å². The van der Waals surface area contributed by atoms with Crippen molar-refractivity contribution in [2.75, 3.05) is 18.4 Å². The number of hydrogen-bond donors (Lipinski definition) is 2. The Labute approximate surface area is 171 Å². The number of benzene rings is 1. The van der Waals surface area contributed by atoms with Crippen LogP contribution in [0.5, 0.6) is 0 Å². The number of nitrogens with one attached hydrogen (secondary N) is 2. The lowest BCUT2D eigenvalue weighted by atomic mass is 10.0. The molecule has 1 aliphatic rings. The summed E-state index contributed by atoms with van der Waals surface area (Å²) in [4.78, 5) is 22.5. The van der Waals surface area contributed by atoms with Crippen molar-refractivity contribution >= 4 is 17.0 Å². The molecule has 7 heteroatoms. The molecule has 7 nitrogen and oxygen atoms in total. The summed E-state index contributed by atoms with van der Waals surface area (Å²) in [5, 5.41) is 8.34. The molecule has 0 unspecified atom stereocenters. The largest absolute Gasteiger partial charge is 0.353 e. The summed E-state index contributed by atoms with van der Waals surface area (Å²) in [5.41, 5.74) is 2.91. The van der Waals surface area contributed by atoms with E-state index in [4.69, 9.17) is 0 Å². The lowest BCUT2D eigenvalue weighted by Gasteiger charge is -2.32. The molecule has 154 valence electrons. The van der Waals surface area contributed by atoms with E-state index in [-0.39, 0.29) is 11.1 Å². The molecule has 1 saturated heterocycles. The van der Waals surface area contributed by atoms with Gasteiger partial charge < -0.3 is 5.32 Å². The van der Waals surface area contributed by atoms with Gasteiger partial charge in [-0.15, -0.1) is 0 Å². The number of H-pyrrole nitrogens is 1. The normalized spacial score (nSPS) is 16.4. The molecule has 0 amide bonds. The van der Waals surface area contributed by atoms with Gasteiger partial charge in [-0.2, -0.15) is 10.1 Å². The molecule has 3 aromatic rings. The van der Waals surface area contributed by atoms with Crippen LogP contribution in [0.2, 0.25) is 0 Å². The van der Waals surface area contributed by atoms with Crippen molar-refractivity contribution in [1.82, 2.24) is 24.6 Å². The van der Waals surface area contributed by atoms with Crippen LogP contribution in [0.3, 0.4) is 0 Å². The lowest BCUT2D eigenvalue weighted by molar-refractivity contribution is 0.211. The highest BCUT2D eigenvalue weighted by atomic mass is 16.1. The van der Waals surface area contributed by atoms with Gasteiger partial charge in [-0.1, -0.05) is 29.8 Å². The van der Waals surface area contributed by atoms with E-state index in [9.17, 15) is 4.79 Å². The van der Waals surface area contributed by atoms with Gasteiger partial charge in [0.1, 0.15) is 5.39 Å². The van der Waals surface area contributed by atoms with Gasteiger partial charge in [-0.25, -0.2) is 4.68 Å². The van der Waals surface area contributed by atoms with Gasteiger partial charge in [-0.05, 0) is 46.1 Å². The van der Waals surface area contributed by atoms with Gasteiger partial charge >= 0.3 is 0 Å². The van der Waals surface area contributed by atoms with Crippen LogP contribution in [-0.4, -0.2) is 43.8 Å². The van der Waals surface area contributed by atoms with Crippen LogP contribution < -0.4 is 10.9 Å². The number of fused-ring (bicyclic) bond motifs is 1. The first-order chi connectivity index (χ1) is 13.8. The van der Waals surface area contributed by atoms with Crippen LogP contribution in [-0.2, 0) is 12.1 Å². The van der Waals surface area contributed by atoms with Crippen LogP contribution in [0.4, 0.5) is 5.95 Å². The second kappa shape index (κ2) is 7.63. The molecule has 1 aliphatic heterocycles. The highest BCUT2D eigenvalue weighted by Crippen LogP contribution is 2.20. The summed E-state index contributed by atoms with van der Waals surface area (Å²) in [6.07, 6.45) is 3.64. The third kappa shape index (κ3) is 4.34. The average molecular weight is 395 g/mol. The van der Waals surface area contributed by atoms with E-state index in [1.807, 2.05) is 4.68 Å². The minimum absolute atomic E-state index is 0.148. The average Bonchev–Trinajstić information content (AvgIpc) is 3.08. The highest BCUT2D eigenvalue weighted by molar-refractivity contribution is 5.74. The zero-order chi connectivity index (χ0) is 20.6. The zero-order valence-corrected chi connectivity index (χ0v) is 17.7. The standard InChI is InChI=1S/C22H30N6O/c1-15-6-5-7-16(12-15)14-27-10-8-17(9-11-27)24-21-25-19-18(20(29)26-21)13-23-28(19)22(2,3)4/h5-7,12-13,17H,8-11,14H2,1-4H3,(H2,24,25,26,29). The molecule has 0 bridgehead atoms. The second-order valence-electron chi connectivity index (χ2n) is 9.06. The second-order valence-corrected chi connectivity index (χ2v) is 9.06. The van der Waals surface area contributed by atoms with Crippen molar-refractivity contribution in [2.24, 2.45) is 0 Å². The smallest absolute Gasteiger partial charge is 0.263 e. The summed E-state index contributed by atoms with van der Waals surface area (Å²) < 4.78 is 1.81. The Bertz CT molecular complexity index is 1050. The van der Waals surface area contributed by atoms with E-state index in [1.165, 1.54) is 11.1 Å². The van der Waals surface area contributed by atoms with Crippen molar-refractivity contribution in [3.05, 3.63) is 51.9 Å². The molecule has 0 atom stereocenters. The number of nitrogens with zero attached hydrogens (tertiary/aromatic N) is 4. The molecule has 1 aromatic carbocycles. The fourth-order valence-corrected chi connectivity index (χ4v) is 3.98. The summed E-state index contributed by atoms with van der Waals surface area (Å²) >= 11 is 0. The van der Waals surface area contributed by atoms with Crippen molar-refractivity contribution in [3.8, 4) is 0 Å². The van der Waals surface area contributed by atoms with E-state index in [0.29, 0.717) is 23.0 Å². The highest BCUT2D eigenvalue weighted by Gasteiger charge is 2.22. The third-order valence-corrected chi connectivity index (χ3v) is 5.49. The molecule has 29 heavy (non-hydrogen) atoms. The van der Waals surface area contributed by atoms with Gasteiger partial charge in [0.2, 0.25) is 5.95 Å². The fourth-order valence-electron chi connectivity index (χ4n) is 3.98. The van der Waals surface area contributed by atoms with E-state index < -0.39 is 0 Å². The first-order valence-electron chi connectivity index (χ1n) is 10.3. The Kier molecular flexibility index (Phi) is 5.17. The Morgan fingerprint density at radius 2 is 2.00 bits per heavy atom. The maximum absolute atomic E-state index is 12.5. The van der Waals surface area contributed by atoms with E-state index in [2.05, 4.69) is 77.2 Å². The SMILES string of the molecule is Cc1cccc(CN2CCC(Nc3nc4c(cnn4C(C)(C)C)c(=O)[nH]3)CC2)c1. The minimum Gasteiger partial charge on any atom is -0.353 e. The Morgan fingerprint density at radius 3 is 2.69 bits per heavy atom. The molecule has 4 rings (SSSR count). The first-order valence-corrected chi connectivity index (χ1v) is 10.3. The number of rotatable bonds is 4. The van der Waals surface area contributed by atoms with Crippen molar-refractivity contribution in [2.45, 2.75) is 58.7 Å². The number of likely N-dealkylation sites (tertiary alicyclic amines) is 1. The topological polar surface area (TPSA) is 78.8 Å². The van der Waals surface area contributed by atoms with Crippen molar-refractivity contribution in [1.29, 1.82) is 0 Å². The molecule has 0 aliphatic carbocycles. The van der Waals surface area contributed by atoms with Crippen LogP contribution in [0.25, 0.3) is 11.0 Å². The zero-order valence-electron chi connectivity index (χ0n) is 17.7. The van der Waals surface area contributed by atoms with Gasteiger partial charge in [0.25, 0.3) is 5.56 Å². The number of hydrogen-bond acceptors (Lipinski definition) is 5. The molecule has 2 N–H and O–H groups in total. The van der Waals surface area contributed by atoms with Gasteiger partial charge in [0.15, 0.2) is 5.65 Å². The molecule has 0 spiro atoms. The number of aryl methyl sites for hydroxylation is 1. The molecule has 0 saturated carbocycles. The molecule has 3 heterocycles. The number of aromatic nitrogens is 4. The summed E-state index contributed by atoms with van der Waals surface area (Å²) in [5.74, 6) is 0.533. The van der Waals surface area contributed by atoms with Gasteiger partial charge in [0, 0.05) is 25.7 Å². The maximum atomic E-state index is 12.5. The first kappa shape index (κ1) is 19.6. The predicted octanol–water partition coefficient (Wildman–Crippen LogP) is 3.26. The number of piperidine rings is 1.